The summed E-state index contributed by atoms with van der Waals surface area (Å²) in [4.78, 5) is 0. The lowest BCUT2D eigenvalue weighted by Crippen LogP contribution is -2.10. The summed E-state index contributed by atoms with van der Waals surface area (Å²) >= 11 is 0. The Morgan fingerprint density at radius 2 is 0.690 bits per heavy atom. The lowest BCUT2D eigenvalue weighted by atomic mass is 9.87. The smallest absolute Gasteiger partial charge is 0.248 e. The number of hydrogen-bond donors (Lipinski definition) is 0. The Balaban J connectivity index is 1.34. The van der Waals surface area contributed by atoms with E-state index in [9.17, 15) is 0 Å². The molecule has 0 unspecified atom stereocenters. The second kappa shape index (κ2) is 10.5. The molecule has 0 bridgehead atoms. The van der Waals surface area contributed by atoms with Gasteiger partial charge in [0.1, 0.15) is 0 Å². The predicted octanol–water partition coefficient (Wildman–Crippen LogP) is 9.38. The molecule has 6 aromatic rings. The molecule has 42 heavy (non-hydrogen) atoms. The normalized spacial score (nSPS) is 12.0. The first-order valence-corrected chi connectivity index (χ1v) is 14.2. The van der Waals surface area contributed by atoms with Crippen molar-refractivity contribution >= 4 is 0 Å². The average molecular weight is 555 g/mol. The van der Waals surface area contributed by atoms with Crippen molar-refractivity contribution < 1.29 is 8.83 Å². The van der Waals surface area contributed by atoms with Gasteiger partial charge in [-0.05, 0) is 69.5 Å². The molecule has 0 N–H and O–H groups in total. The van der Waals surface area contributed by atoms with Crippen molar-refractivity contribution in [3.8, 4) is 56.9 Å². The van der Waals surface area contributed by atoms with E-state index in [-0.39, 0.29) is 10.8 Å². The Hall–Kier alpha value is -4.84. The molecule has 0 aliphatic heterocycles. The van der Waals surface area contributed by atoms with Crippen LogP contribution in [0.1, 0.15) is 52.7 Å². The van der Waals surface area contributed by atoms with Crippen LogP contribution < -0.4 is 0 Å². The minimum Gasteiger partial charge on any atom is -0.416 e. The first-order chi connectivity index (χ1) is 20.1. The summed E-state index contributed by atoms with van der Waals surface area (Å²) in [7, 11) is 0. The molecule has 2 heterocycles. The zero-order valence-corrected chi connectivity index (χ0v) is 24.8. The van der Waals surface area contributed by atoms with Gasteiger partial charge < -0.3 is 8.83 Å². The monoisotopic (exact) mass is 554 g/mol. The summed E-state index contributed by atoms with van der Waals surface area (Å²) in [5, 5.41) is 17.6. The van der Waals surface area contributed by atoms with E-state index >= 15 is 0 Å². The van der Waals surface area contributed by atoms with E-state index in [1.807, 2.05) is 72.8 Å². The van der Waals surface area contributed by atoms with Gasteiger partial charge in [0.25, 0.3) is 0 Å². The molecule has 0 atom stereocenters. The van der Waals surface area contributed by atoms with Crippen LogP contribution in [0.5, 0.6) is 0 Å². The van der Waals surface area contributed by atoms with Crippen molar-refractivity contribution in [2.24, 2.45) is 0 Å². The summed E-state index contributed by atoms with van der Waals surface area (Å²) in [6.07, 6.45) is 0. The van der Waals surface area contributed by atoms with Crippen LogP contribution in [0, 0.1) is 0 Å². The van der Waals surface area contributed by atoms with E-state index in [0.717, 1.165) is 33.4 Å². The van der Waals surface area contributed by atoms with Crippen LogP contribution in [0.4, 0.5) is 0 Å². The number of rotatable bonds is 5. The molecule has 0 saturated heterocycles. The van der Waals surface area contributed by atoms with Crippen LogP contribution in [0.2, 0.25) is 0 Å². The molecular formula is C36H34N4O2. The van der Waals surface area contributed by atoms with Crippen LogP contribution in [-0.2, 0) is 10.8 Å². The van der Waals surface area contributed by atoms with E-state index < -0.39 is 0 Å². The minimum atomic E-state index is 0.0703. The standard InChI is InChI=1S/C36H34N4O2/c1-35(2,3)25-19-15-23(16-20-25)31-37-39-33(41-31)29-13-9-7-11-27(29)28-12-8-10-14-30(28)34-40-38-32(42-34)24-17-21-26(22-18-24)36(4,5)6/h7-22H,1-6H3. The number of nitrogens with zero attached hydrogens (tertiary/aromatic N) is 4. The van der Waals surface area contributed by atoms with Crippen molar-refractivity contribution in [1.29, 1.82) is 0 Å². The first-order valence-electron chi connectivity index (χ1n) is 14.2. The van der Waals surface area contributed by atoms with E-state index in [1.54, 1.807) is 0 Å². The van der Waals surface area contributed by atoms with Gasteiger partial charge in [-0.1, -0.05) is 102 Å². The minimum absolute atomic E-state index is 0.0703. The SMILES string of the molecule is CC(C)(C)c1ccc(-c2nnc(-c3ccccc3-c3ccccc3-c3nnc(-c4ccc(C(C)(C)C)cc4)o3)o2)cc1. The van der Waals surface area contributed by atoms with Crippen molar-refractivity contribution in [3.05, 3.63) is 108 Å². The molecule has 0 saturated carbocycles. The van der Waals surface area contributed by atoms with Crippen LogP contribution in [0.15, 0.2) is 106 Å². The van der Waals surface area contributed by atoms with E-state index in [4.69, 9.17) is 8.83 Å². The van der Waals surface area contributed by atoms with Gasteiger partial charge in [-0.3, -0.25) is 0 Å². The van der Waals surface area contributed by atoms with Gasteiger partial charge in [-0.25, -0.2) is 0 Å². The fourth-order valence-corrected chi connectivity index (χ4v) is 4.93. The van der Waals surface area contributed by atoms with Gasteiger partial charge >= 0.3 is 0 Å². The molecule has 4 aromatic carbocycles. The summed E-state index contributed by atoms with van der Waals surface area (Å²) < 4.78 is 12.4. The fraction of sp³-hybridized carbons (Fsp3) is 0.222. The van der Waals surface area contributed by atoms with Crippen LogP contribution in [0.3, 0.4) is 0 Å². The lowest BCUT2D eigenvalue weighted by Gasteiger charge is -2.18. The summed E-state index contributed by atoms with van der Waals surface area (Å²) in [6, 6.07) is 32.6. The molecule has 210 valence electrons. The average Bonchev–Trinajstić information content (AvgIpc) is 3.68. The molecule has 6 rings (SSSR count). The van der Waals surface area contributed by atoms with E-state index in [0.29, 0.717) is 23.6 Å². The zero-order valence-electron chi connectivity index (χ0n) is 24.8. The Labute approximate surface area is 246 Å². The zero-order chi connectivity index (χ0) is 29.5. The third-order valence-corrected chi connectivity index (χ3v) is 7.45. The molecule has 0 amide bonds. The summed E-state index contributed by atoms with van der Waals surface area (Å²) in [6.45, 7) is 13.2. The third kappa shape index (κ3) is 5.40. The topological polar surface area (TPSA) is 77.8 Å². The van der Waals surface area contributed by atoms with Crippen LogP contribution in [0.25, 0.3) is 56.9 Å². The highest BCUT2D eigenvalue weighted by Crippen LogP contribution is 2.39. The molecule has 0 spiro atoms. The van der Waals surface area contributed by atoms with Crippen molar-refractivity contribution in [2.45, 2.75) is 52.4 Å². The van der Waals surface area contributed by atoms with Crippen molar-refractivity contribution in [2.75, 3.05) is 0 Å². The highest BCUT2D eigenvalue weighted by atomic mass is 16.4. The van der Waals surface area contributed by atoms with Crippen LogP contribution >= 0.6 is 0 Å². The molecule has 6 nitrogen and oxygen atoms in total. The molecule has 0 aliphatic rings. The molecular weight excluding hydrogens is 520 g/mol. The lowest BCUT2D eigenvalue weighted by molar-refractivity contribution is 0.581. The number of aromatic nitrogens is 4. The maximum absolute atomic E-state index is 6.21. The van der Waals surface area contributed by atoms with E-state index in [2.05, 4.69) is 86.2 Å². The maximum Gasteiger partial charge on any atom is 0.248 e. The Kier molecular flexibility index (Phi) is 6.85. The predicted molar refractivity (Wildman–Crippen MR) is 167 cm³/mol. The number of hydrogen-bond acceptors (Lipinski definition) is 6. The molecule has 6 heteroatoms. The largest absolute Gasteiger partial charge is 0.416 e. The second-order valence-electron chi connectivity index (χ2n) is 12.6. The quantitative estimate of drug-likeness (QED) is 0.211. The van der Waals surface area contributed by atoms with Gasteiger partial charge in [-0.15, -0.1) is 20.4 Å². The number of benzene rings is 4. The highest BCUT2D eigenvalue weighted by Gasteiger charge is 2.21. The molecule has 0 aliphatic carbocycles. The Morgan fingerprint density at radius 3 is 1.02 bits per heavy atom. The highest BCUT2D eigenvalue weighted by molar-refractivity contribution is 5.88. The van der Waals surface area contributed by atoms with Gasteiger partial charge in [0, 0.05) is 22.3 Å². The fourth-order valence-electron chi connectivity index (χ4n) is 4.93. The van der Waals surface area contributed by atoms with Gasteiger partial charge in [0.05, 0.1) is 0 Å². The van der Waals surface area contributed by atoms with E-state index in [1.165, 1.54) is 11.1 Å². The maximum atomic E-state index is 6.21. The van der Waals surface area contributed by atoms with Crippen LogP contribution in [-0.4, -0.2) is 20.4 Å². The molecule has 0 radical (unpaired) electrons. The van der Waals surface area contributed by atoms with Gasteiger partial charge in [-0.2, -0.15) is 0 Å². The van der Waals surface area contributed by atoms with Crippen molar-refractivity contribution in [1.82, 2.24) is 20.4 Å². The van der Waals surface area contributed by atoms with Gasteiger partial charge in [0.2, 0.25) is 23.6 Å². The molecule has 0 fully saturated rings. The first kappa shape index (κ1) is 27.3. The van der Waals surface area contributed by atoms with Gasteiger partial charge in [0.15, 0.2) is 0 Å². The Bertz CT molecular complexity index is 1700. The van der Waals surface area contributed by atoms with Crippen molar-refractivity contribution in [3.63, 3.8) is 0 Å². The molecule has 2 aromatic heterocycles. The summed E-state index contributed by atoms with van der Waals surface area (Å²) in [5.41, 5.74) is 7.92. The Morgan fingerprint density at radius 1 is 0.381 bits per heavy atom. The second-order valence-corrected chi connectivity index (χ2v) is 12.6. The summed E-state index contributed by atoms with van der Waals surface area (Å²) in [5.74, 6) is 1.85. The third-order valence-electron chi connectivity index (χ3n) is 7.45.